The fourth-order valence-corrected chi connectivity index (χ4v) is 4.42. The number of nitrogens with zero attached hydrogens (tertiary/aromatic N) is 3. The Hall–Kier alpha value is -1.65. The lowest BCUT2D eigenvalue weighted by molar-refractivity contribution is -0.121. The van der Waals surface area contributed by atoms with Crippen molar-refractivity contribution >= 4 is 12.2 Å². The van der Waals surface area contributed by atoms with Gasteiger partial charge in [0, 0.05) is 25.7 Å². The second-order valence-corrected chi connectivity index (χ2v) is 7.67. The standard InChI is InChI=1S/C20H30FN3O/c1-16-12-18(21)13-22-20(16)23-10-5-6-17(14-23)9-11-24(15-25)19-7-3-2-4-8-19/h12-13,15,17,19H,2-11,14H2,1H3. The van der Waals surface area contributed by atoms with Crippen LogP contribution in [0.5, 0.6) is 0 Å². The summed E-state index contributed by atoms with van der Waals surface area (Å²) in [6.45, 7) is 4.72. The van der Waals surface area contributed by atoms with E-state index in [-0.39, 0.29) is 5.82 Å². The second-order valence-electron chi connectivity index (χ2n) is 7.67. The van der Waals surface area contributed by atoms with Crippen molar-refractivity contribution in [1.82, 2.24) is 9.88 Å². The average Bonchev–Trinajstić information content (AvgIpc) is 2.63. The van der Waals surface area contributed by atoms with Gasteiger partial charge in [0.2, 0.25) is 6.41 Å². The maximum absolute atomic E-state index is 13.3. The molecule has 138 valence electrons. The van der Waals surface area contributed by atoms with Gasteiger partial charge >= 0.3 is 0 Å². The predicted molar refractivity (Wildman–Crippen MR) is 98.1 cm³/mol. The first kappa shape index (κ1) is 18.2. The molecule has 4 nitrogen and oxygen atoms in total. The molecular formula is C20H30FN3O. The molecule has 1 aliphatic heterocycles. The summed E-state index contributed by atoms with van der Waals surface area (Å²) in [6.07, 6.45) is 11.9. The van der Waals surface area contributed by atoms with Crippen LogP contribution in [-0.4, -0.2) is 42.0 Å². The van der Waals surface area contributed by atoms with E-state index in [4.69, 9.17) is 0 Å². The predicted octanol–water partition coefficient (Wildman–Crippen LogP) is 3.93. The van der Waals surface area contributed by atoms with Crippen molar-refractivity contribution in [3.8, 4) is 0 Å². The SMILES string of the molecule is Cc1cc(F)cnc1N1CCCC(CCN(C=O)C2CCCCC2)C1. The first-order valence-corrected chi connectivity index (χ1v) is 9.75. The quantitative estimate of drug-likeness (QED) is 0.732. The van der Waals surface area contributed by atoms with E-state index < -0.39 is 0 Å². The lowest BCUT2D eigenvalue weighted by Crippen LogP contribution is -2.40. The number of carbonyl (C=O) groups is 1. The smallest absolute Gasteiger partial charge is 0.209 e. The van der Waals surface area contributed by atoms with E-state index in [0.717, 1.165) is 63.1 Å². The summed E-state index contributed by atoms with van der Waals surface area (Å²) in [4.78, 5) is 20.1. The summed E-state index contributed by atoms with van der Waals surface area (Å²) >= 11 is 0. The van der Waals surface area contributed by atoms with Crippen LogP contribution in [-0.2, 0) is 4.79 Å². The van der Waals surface area contributed by atoms with E-state index in [1.807, 2.05) is 11.8 Å². The Morgan fingerprint density at radius 1 is 1.28 bits per heavy atom. The lowest BCUT2D eigenvalue weighted by atomic mass is 9.92. The van der Waals surface area contributed by atoms with Crippen molar-refractivity contribution in [1.29, 1.82) is 0 Å². The Morgan fingerprint density at radius 3 is 2.80 bits per heavy atom. The summed E-state index contributed by atoms with van der Waals surface area (Å²) in [6, 6.07) is 2.01. The van der Waals surface area contributed by atoms with E-state index in [0.29, 0.717) is 12.0 Å². The van der Waals surface area contributed by atoms with E-state index in [1.54, 1.807) is 6.07 Å². The normalized spacial score (nSPS) is 22.0. The van der Waals surface area contributed by atoms with Gasteiger partial charge in [0.05, 0.1) is 6.20 Å². The summed E-state index contributed by atoms with van der Waals surface area (Å²) in [5, 5.41) is 0. The minimum atomic E-state index is -0.274. The summed E-state index contributed by atoms with van der Waals surface area (Å²) in [7, 11) is 0. The van der Waals surface area contributed by atoms with Crippen molar-refractivity contribution in [2.24, 2.45) is 5.92 Å². The molecule has 1 saturated heterocycles. The number of carbonyl (C=O) groups excluding carboxylic acids is 1. The van der Waals surface area contributed by atoms with Gasteiger partial charge in [-0.05, 0) is 56.6 Å². The van der Waals surface area contributed by atoms with Crippen LogP contribution in [0, 0.1) is 18.7 Å². The van der Waals surface area contributed by atoms with Crippen molar-refractivity contribution in [2.75, 3.05) is 24.5 Å². The van der Waals surface area contributed by atoms with Crippen LogP contribution in [0.4, 0.5) is 10.2 Å². The Kier molecular flexibility index (Phi) is 6.27. The number of hydrogen-bond donors (Lipinski definition) is 0. The fraction of sp³-hybridized carbons (Fsp3) is 0.700. The van der Waals surface area contributed by atoms with Gasteiger partial charge in [0.25, 0.3) is 0 Å². The van der Waals surface area contributed by atoms with Crippen LogP contribution in [0.15, 0.2) is 12.3 Å². The highest BCUT2D eigenvalue weighted by Gasteiger charge is 2.25. The Labute approximate surface area is 150 Å². The zero-order valence-electron chi connectivity index (χ0n) is 15.3. The van der Waals surface area contributed by atoms with Crippen molar-refractivity contribution in [3.05, 3.63) is 23.6 Å². The highest BCUT2D eigenvalue weighted by molar-refractivity contribution is 5.48. The van der Waals surface area contributed by atoms with Crippen LogP contribution in [0.1, 0.15) is 56.9 Å². The number of anilines is 1. The number of amides is 1. The summed E-state index contributed by atoms with van der Waals surface area (Å²) in [5.74, 6) is 1.21. The molecule has 0 aromatic carbocycles. The maximum Gasteiger partial charge on any atom is 0.209 e. The molecule has 0 radical (unpaired) electrons. The number of aromatic nitrogens is 1. The van der Waals surface area contributed by atoms with Crippen LogP contribution in [0.25, 0.3) is 0 Å². The number of rotatable bonds is 6. The minimum absolute atomic E-state index is 0.274. The number of aryl methyl sites for hydroxylation is 1. The molecule has 1 aromatic rings. The highest BCUT2D eigenvalue weighted by atomic mass is 19.1. The Bertz CT molecular complexity index is 574. The van der Waals surface area contributed by atoms with Gasteiger partial charge in [-0.15, -0.1) is 0 Å². The van der Waals surface area contributed by atoms with Crippen LogP contribution in [0.3, 0.4) is 0 Å². The van der Waals surface area contributed by atoms with Crippen LogP contribution in [0.2, 0.25) is 0 Å². The molecule has 0 N–H and O–H groups in total. The highest BCUT2D eigenvalue weighted by Crippen LogP contribution is 2.27. The van der Waals surface area contributed by atoms with Gasteiger partial charge in [-0.25, -0.2) is 9.37 Å². The van der Waals surface area contributed by atoms with Crippen LogP contribution < -0.4 is 4.90 Å². The van der Waals surface area contributed by atoms with Gasteiger partial charge in [-0.3, -0.25) is 4.79 Å². The largest absolute Gasteiger partial charge is 0.356 e. The molecule has 1 amide bonds. The van der Waals surface area contributed by atoms with Crippen molar-refractivity contribution in [3.63, 3.8) is 0 Å². The van der Waals surface area contributed by atoms with E-state index >= 15 is 0 Å². The average molecular weight is 347 g/mol. The zero-order chi connectivity index (χ0) is 17.6. The number of pyridine rings is 1. The van der Waals surface area contributed by atoms with Crippen molar-refractivity contribution in [2.45, 2.75) is 64.3 Å². The molecule has 1 aliphatic carbocycles. The zero-order valence-corrected chi connectivity index (χ0v) is 15.3. The topological polar surface area (TPSA) is 36.4 Å². The molecule has 1 atom stereocenters. The number of hydrogen-bond acceptors (Lipinski definition) is 3. The summed E-state index contributed by atoms with van der Waals surface area (Å²) < 4.78 is 13.3. The third kappa shape index (κ3) is 4.71. The van der Waals surface area contributed by atoms with E-state index in [2.05, 4.69) is 9.88 Å². The van der Waals surface area contributed by atoms with E-state index in [9.17, 15) is 9.18 Å². The minimum Gasteiger partial charge on any atom is -0.356 e. The summed E-state index contributed by atoms with van der Waals surface area (Å²) in [5.41, 5.74) is 0.900. The first-order valence-electron chi connectivity index (χ1n) is 9.75. The van der Waals surface area contributed by atoms with Gasteiger partial charge in [-0.2, -0.15) is 0 Å². The van der Waals surface area contributed by atoms with Gasteiger partial charge in [0.1, 0.15) is 11.6 Å². The fourth-order valence-electron chi connectivity index (χ4n) is 4.42. The lowest BCUT2D eigenvalue weighted by Gasteiger charge is -2.36. The van der Waals surface area contributed by atoms with Crippen LogP contribution >= 0.6 is 0 Å². The molecule has 0 bridgehead atoms. The third-order valence-electron chi connectivity index (χ3n) is 5.81. The first-order chi connectivity index (χ1) is 12.2. The molecule has 3 rings (SSSR count). The van der Waals surface area contributed by atoms with Gasteiger partial charge in [-0.1, -0.05) is 19.3 Å². The molecule has 2 heterocycles. The molecular weight excluding hydrogens is 317 g/mol. The third-order valence-corrected chi connectivity index (χ3v) is 5.81. The second kappa shape index (κ2) is 8.63. The molecule has 1 saturated carbocycles. The molecule has 0 spiro atoms. The van der Waals surface area contributed by atoms with Gasteiger partial charge < -0.3 is 9.80 Å². The maximum atomic E-state index is 13.3. The molecule has 25 heavy (non-hydrogen) atoms. The molecule has 1 aromatic heterocycles. The van der Waals surface area contributed by atoms with Crippen molar-refractivity contribution < 1.29 is 9.18 Å². The number of piperidine rings is 1. The molecule has 2 fully saturated rings. The Morgan fingerprint density at radius 2 is 2.08 bits per heavy atom. The number of halogens is 1. The monoisotopic (exact) mass is 347 g/mol. The molecule has 1 unspecified atom stereocenters. The Balaban J connectivity index is 1.55. The van der Waals surface area contributed by atoms with Gasteiger partial charge in [0.15, 0.2) is 0 Å². The molecule has 2 aliphatic rings. The molecule has 5 heteroatoms. The van der Waals surface area contributed by atoms with E-state index in [1.165, 1.54) is 31.9 Å².